The van der Waals surface area contributed by atoms with Gasteiger partial charge in [0.05, 0.1) is 0 Å². The third-order valence-corrected chi connectivity index (χ3v) is 7.49. The Kier molecular flexibility index (Phi) is 6.40. The lowest BCUT2D eigenvalue weighted by Crippen LogP contribution is -2.41. The van der Waals surface area contributed by atoms with Crippen molar-refractivity contribution in [2.75, 3.05) is 47.4 Å². The minimum absolute atomic E-state index is 0.875. The van der Waals surface area contributed by atoms with Crippen molar-refractivity contribution >= 4 is 22.7 Å². The zero-order chi connectivity index (χ0) is 21.1. The van der Waals surface area contributed by atoms with Crippen molar-refractivity contribution in [3.05, 3.63) is 47.5 Å². The number of benzene rings is 2. The molecule has 0 spiro atoms. The van der Waals surface area contributed by atoms with Crippen LogP contribution >= 0.6 is 0 Å². The second kappa shape index (κ2) is 9.20. The number of nitrogens with zero attached hydrogens (tertiary/aromatic N) is 2. The van der Waals surface area contributed by atoms with E-state index >= 15 is 0 Å². The van der Waals surface area contributed by atoms with Crippen molar-refractivity contribution in [1.82, 2.24) is 0 Å². The van der Waals surface area contributed by atoms with E-state index < -0.39 is 0 Å². The van der Waals surface area contributed by atoms with Crippen LogP contribution in [0, 0.1) is 11.8 Å². The highest BCUT2D eigenvalue weighted by atomic mass is 15.1. The summed E-state index contributed by atoms with van der Waals surface area (Å²) in [7, 11) is 0. The summed E-state index contributed by atoms with van der Waals surface area (Å²) in [5.41, 5.74) is 19.3. The van der Waals surface area contributed by atoms with Crippen molar-refractivity contribution in [3.8, 4) is 0 Å². The van der Waals surface area contributed by atoms with Gasteiger partial charge in [-0.2, -0.15) is 0 Å². The first-order chi connectivity index (χ1) is 14.6. The Bertz CT molecular complexity index is 775. The van der Waals surface area contributed by atoms with Gasteiger partial charge in [0, 0.05) is 48.9 Å². The predicted octanol–water partition coefficient (Wildman–Crippen LogP) is 5.11. The van der Waals surface area contributed by atoms with Gasteiger partial charge in [0.25, 0.3) is 0 Å². The molecule has 0 bridgehead atoms. The maximum Gasteiger partial charge on any atom is 0.0370 e. The zero-order valence-corrected chi connectivity index (χ0v) is 18.7. The first-order valence-electron chi connectivity index (χ1n) is 11.9. The number of rotatable bonds is 5. The summed E-state index contributed by atoms with van der Waals surface area (Å²) >= 11 is 0. The second-order valence-corrected chi connectivity index (χ2v) is 9.12. The van der Waals surface area contributed by atoms with Crippen LogP contribution < -0.4 is 21.3 Å². The summed E-state index contributed by atoms with van der Waals surface area (Å²) in [6.07, 6.45) is 7.28. The first-order valence-corrected chi connectivity index (χ1v) is 11.9. The summed E-state index contributed by atoms with van der Waals surface area (Å²) in [5.74, 6) is 1.75. The van der Waals surface area contributed by atoms with Crippen molar-refractivity contribution < 1.29 is 0 Å². The molecule has 0 radical (unpaired) electrons. The minimum atomic E-state index is 0.875. The molecule has 0 amide bonds. The Balaban J connectivity index is 1.30. The molecule has 0 aromatic heterocycles. The Labute approximate surface area is 182 Å². The van der Waals surface area contributed by atoms with E-state index in [-0.39, 0.29) is 0 Å². The van der Waals surface area contributed by atoms with E-state index in [2.05, 4.69) is 60.0 Å². The third-order valence-electron chi connectivity index (χ3n) is 7.49. The Morgan fingerprint density at radius 1 is 0.667 bits per heavy atom. The molecule has 4 N–H and O–H groups in total. The molecule has 2 saturated heterocycles. The van der Waals surface area contributed by atoms with Crippen molar-refractivity contribution in [3.63, 3.8) is 0 Å². The van der Waals surface area contributed by atoms with Crippen LogP contribution in [-0.4, -0.2) is 26.2 Å². The molecular formula is C26H38N4. The van der Waals surface area contributed by atoms with Crippen molar-refractivity contribution in [2.45, 2.75) is 52.4 Å². The van der Waals surface area contributed by atoms with Crippen molar-refractivity contribution in [2.24, 2.45) is 11.8 Å². The van der Waals surface area contributed by atoms with E-state index in [1.807, 2.05) is 0 Å². The highest BCUT2D eigenvalue weighted by molar-refractivity contribution is 5.59. The lowest BCUT2D eigenvalue weighted by atomic mass is 9.78. The van der Waals surface area contributed by atoms with Crippen LogP contribution in [0.1, 0.15) is 50.7 Å². The fourth-order valence-electron chi connectivity index (χ4n) is 5.45. The maximum absolute atomic E-state index is 6.10. The van der Waals surface area contributed by atoms with Gasteiger partial charge < -0.3 is 21.3 Å². The molecule has 0 saturated carbocycles. The Hall–Kier alpha value is -2.36. The number of nitrogens with two attached hydrogens (primary N) is 2. The predicted molar refractivity (Wildman–Crippen MR) is 130 cm³/mol. The van der Waals surface area contributed by atoms with Crippen LogP contribution in [-0.2, 0) is 12.8 Å². The van der Waals surface area contributed by atoms with Crippen LogP contribution in [0.4, 0.5) is 22.7 Å². The van der Waals surface area contributed by atoms with Gasteiger partial charge in [-0.25, -0.2) is 0 Å². The van der Waals surface area contributed by atoms with Gasteiger partial charge in [0.1, 0.15) is 0 Å². The van der Waals surface area contributed by atoms with Gasteiger partial charge in [0.2, 0.25) is 0 Å². The molecule has 0 unspecified atom stereocenters. The number of hydrogen-bond acceptors (Lipinski definition) is 4. The summed E-state index contributed by atoms with van der Waals surface area (Å²) in [6.45, 7) is 9.07. The summed E-state index contributed by atoms with van der Waals surface area (Å²) in [4.78, 5) is 5.12. The largest absolute Gasteiger partial charge is 0.399 e. The number of anilines is 4. The molecule has 4 heteroatoms. The second-order valence-electron chi connectivity index (χ2n) is 9.12. The van der Waals surface area contributed by atoms with Crippen LogP contribution in [0.3, 0.4) is 0 Å². The van der Waals surface area contributed by atoms with Crippen LogP contribution in [0.25, 0.3) is 0 Å². The molecule has 4 rings (SSSR count). The summed E-state index contributed by atoms with van der Waals surface area (Å²) in [6, 6.07) is 13.2. The lowest BCUT2D eigenvalue weighted by Gasteiger charge is -2.41. The van der Waals surface area contributed by atoms with E-state index in [0.717, 1.165) is 36.1 Å². The van der Waals surface area contributed by atoms with Gasteiger partial charge >= 0.3 is 0 Å². The fourth-order valence-corrected chi connectivity index (χ4v) is 5.45. The quantitative estimate of drug-likeness (QED) is 0.678. The standard InChI is InChI=1S/C26H38N4/c1-3-19-17-23(5-7-25(19)27)29-13-9-21(10-14-29)22-11-15-30(16-12-22)24-6-8-26(28)20(4-2)18-24/h5-8,17-18,21-22H,3-4,9-16,27-28H2,1-2H3. The van der Waals surface area contributed by atoms with E-state index in [0.29, 0.717) is 0 Å². The van der Waals surface area contributed by atoms with Gasteiger partial charge in [0.15, 0.2) is 0 Å². The average molecular weight is 407 g/mol. The monoisotopic (exact) mass is 406 g/mol. The van der Waals surface area contributed by atoms with Gasteiger partial charge in [-0.15, -0.1) is 0 Å². The zero-order valence-electron chi connectivity index (χ0n) is 18.7. The van der Waals surface area contributed by atoms with Crippen molar-refractivity contribution in [1.29, 1.82) is 0 Å². The van der Waals surface area contributed by atoms with E-state index in [4.69, 9.17) is 11.5 Å². The normalized spacial score (nSPS) is 18.7. The molecule has 2 fully saturated rings. The molecule has 2 aromatic carbocycles. The maximum atomic E-state index is 6.10. The smallest absolute Gasteiger partial charge is 0.0370 e. The van der Waals surface area contributed by atoms with E-state index in [9.17, 15) is 0 Å². The minimum Gasteiger partial charge on any atom is -0.399 e. The average Bonchev–Trinajstić information content (AvgIpc) is 2.80. The molecular weight excluding hydrogens is 368 g/mol. The van der Waals surface area contributed by atoms with Crippen LogP contribution in [0.5, 0.6) is 0 Å². The van der Waals surface area contributed by atoms with Crippen LogP contribution in [0.2, 0.25) is 0 Å². The number of hydrogen-bond donors (Lipinski definition) is 2. The Morgan fingerprint density at radius 2 is 1.03 bits per heavy atom. The topological polar surface area (TPSA) is 58.5 Å². The molecule has 162 valence electrons. The molecule has 0 aliphatic carbocycles. The molecule has 2 aliphatic rings. The SMILES string of the molecule is CCc1cc(N2CCC(C3CCN(c4ccc(N)c(CC)c4)CC3)CC2)ccc1N. The number of nitrogen functional groups attached to an aromatic ring is 2. The van der Waals surface area contributed by atoms with Gasteiger partial charge in [-0.3, -0.25) is 0 Å². The van der Waals surface area contributed by atoms with Gasteiger partial charge in [-0.05, 0) is 97.9 Å². The lowest BCUT2D eigenvalue weighted by molar-refractivity contribution is 0.233. The third kappa shape index (κ3) is 4.38. The fraction of sp³-hybridized carbons (Fsp3) is 0.538. The Morgan fingerprint density at radius 3 is 1.37 bits per heavy atom. The molecule has 4 nitrogen and oxygen atoms in total. The number of piperidine rings is 2. The number of aryl methyl sites for hydroxylation is 2. The summed E-state index contributed by atoms with van der Waals surface area (Å²) in [5, 5.41) is 0. The summed E-state index contributed by atoms with van der Waals surface area (Å²) < 4.78 is 0. The van der Waals surface area contributed by atoms with E-state index in [1.165, 1.54) is 74.4 Å². The molecule has 2 aliphatic heterocycles. The molecule has 2 heterocycles. The highest BCUT2D eigenvalue weighted by Crippen LogP contribution is 2.36. The molecule has 30 heavy (non-hydrogen) atoms. The first kappa shape index (κ1) is 20.9. The molecule has 2 aromatic rings. The molecule has 0 atom stereocenters. The van der Waals surface area contributed by atoms with Crippen LogP contribution in [0.15, 0.2) is 36.4 Å². The highest BCUT2D eigenvalue weighted by Gasteiger charge is 2.30. The van der Waals surface area contributed by atoms with Gasteiger partial charge in [-0.1, -0.05) is 13.8 Å². The van der Waals surface area contributed by atoms with E-state index in [1.54, 1.807) is 0 Å².